The predicted molar refractivity (Wildman–Crippen MR) is 144 cm³/mol. The van der Waals surface area contributed by atoms with Crippen LogP contribution < -0.4 is 10.3 Å². The highest BCUT2D eigenvalue weighted by molar-refractivity contribution is 7.18. The van der Waals surface area contributed by atoms with Crippen molar-refractivity contribution >= 4 is 44.1 Å². The lowest BCUT2D eigenvalue weighted by atomic mass is 10.0. The highest BCUT2D eigenvalue weighted by atomic mass is 35.5. The van der Waals surface area contributed by atoms with E-state index in [1.807, 2.05) is 11.4 Å². The summed E-state index contributed by atoms with van der Waals surface area (Å²) in [6.45, 7) is 1.63. The van der Waals surface area contributed by atoms with E-state index >= 15 is 0 Å². The summed E-state index contributed by atoms with van der Waals surface area (Å²) in [7, 11) is 0. The molecule has 0 bridgehead atoms. The second-order valence-corrected chi connectivity index (χ2v) is 9.90. The van der Waals surface area contributed by atoms with E-state index in [9.17, 15) is 18.8 Å². The highest BCUT2D eigenvalue weighted by Gasteiger charge is 2.20. The molecule has 40 heavy (non-hydrogen) atoms. The number of ether oxygens (including phenoxy) is 1. The maximum atomic E-state index is 14.2. The van der Waals surface area contributed by atoms with E-state index in [0.717, 1.165) is 21.9 Å². The molecule has 0 saturated carbocycles. The van der Waals surface area contributed by atoms with Gasteiger partial charge in [-0.15, -0.1) is 21.5 Å². The third-order valence-corrected chi connectivity index (χ3v) is 7.52. The fourth-order valence-corrected chi connectivity index (χ4v) is 5.67. The number of hydrogen-bond donors (Lipinski definition) is 1. The number of aromatic amines is 1. The first-order chi connectivity index (χ1) is 19.4. The number of pyridine rings is 1. The Balaban J connectivity index is 1.35. The van der Waals surface area contributed by atoms with E-state index in [1.54, 1.807) is 37.4 Å². The van der Waals surface area contributed by atoms with Gasteiger partial charge in [-0.1, -0.05) is 11.6 Å². The topological polar surface area (TPSA) is 135 Å². The Hall–Kier alpha value is -4.80. The second kappa shape index (κ2) is 10.1. The van der Waals surface area contributed by atoms with Crippen LogP contribution in [0, 0.1) is 29.9 Å². The lowest BCUT2D eigenvalue weighted by molar-refractivity contribution is 0.295. The molecule has 2 aromatic carbocycles. The summed E-state index contributed by atoms with van der Waals surface area (Å²) in [6.07, 6.45) is 1.66. The molecule has 0 aliphatic heterocycles. The van der Waals surface area contributed by atoms with Crippen molar-refractivity contribution in [2.24, 2.45) is 0 Å². The fraction of sp³-hybridized carbons (Fsp3) is 0.115. The van der Waals surface area contributed by atoms with Gasteiger partial charge in [-0.2, -0.15) is 10.5 Å². The number of nitriles is 1. The van der Waals surface area contributed by atoms with Crippen LogP contribution in [0.15, 0.2) is 46.7 Å². The molecular formula is C26H15ClF2N8O2S. The fourth-order valence-electron chi connectivity index (χ4n) is 4.47. The van der Waals surface area contributed by atoms with Gasteiger partial charge in [0.1, 0.15) is 29.8 Å². The Bertz CT molecular complexity index is 2040. The molecule has 1 N–H and O–H groups in total. The summed E-state index contributed by atoms with van der Waals surface area (Å²) in [5, 5.41) is 25.6. The van der Waals surface area contributed by atoms with Gasteiger partial charge in [0.05, 0.1) is 33.2 Å². The van der Waals surface area contributed by atoms with Crippen LogP contribution in [-0.2, 0) is 6.54 Å². The van der Waals surface area contributed by atoms with Crippen molar-refractivity contribution in [1.82, 2.24) is 35.2 Å². The van der Waals surface area contributed by atoms with Gasteiger partial charge >= 0.3 is 0 Å². The molecule has 10 nitrogen and oxygen atoms in total. The highest BCUT2D eigenvalue weighted by Crippen LogP contribution is 2.41. The molecule has 6 rings (SSSR count). The van der Waals surface area contributed by atoms with Crippen LogP contribution in [-0.4, -0.2) is 41.8 Å². The SMILES string of the molecule is Cc1nc2cc(F)c(F)c(C#N)c2c(=O)n1CCOc1ccc(Cl)cc1-c1ccnc2c(-c3nn[nH]n3)csc12. The summed E-state index contributed by atoms with van der Waals surface area (Å²) < 4.78 is 36.4. The molecule has 0 radical (unpaired) electrons. The summed E-state index contributed by atoms with van der Waals surface area (Å²) in [5.74, 6) is -1.45. The number of nitrogens with zero attached hydrogens (tertiary/aromatic N) is 7. The molecule has 0 aliphatic carbocycles. The monoisotopic (exact) mass is 576 g/mol. The van der Waals surface area contributed by atoms with E-state index in [0.29, 0.717) is 27.7 Å². The molecule has 0 amide bonds. The molecule has 0 aliphatic rings. The first-order valence-corrected chi connectivity index (χ1v) is 12.9. The Morgan fingerprint density at radius 2 is 2.05 bits per heavy atom. The minimum absolute atomic E-state index is 0.0287. The third-order valence-electron chi connectivity index (χ3n) is 6.29. The van der Waals surface area contributed by atoms with Gasteiger partial charge in [0, 0.05) is 33.8 Å². The molecule has 4 heterocycles. The second-order valence-electron chi connectivity index (χ2n) is 8.58. The minimum Gasteiger partial charge on any atom is -0.491 e. The number of rotatable bonds is 6. The maximum Gasteiger partial charge on any atom is 0.262 e. The molecule has 0 unspecified atom stereocenters. The number of benzene rings is 2. The number of fused-ring (bicyclic) bond motifs is 2. The van der Waals surface area contributed by atoms with Crippen molar-refractivity contribution in [2.45, 2.75) is 13.5 Å². The molecule has 0 spiro atoms. The third kappa shape index (κ3) is 4.23. The average Bonchev–Trinajstić information content (AvgIpc) is 3.62. The van der Waals surface area contributed by atoms with Gasteiger partial charge in [0.15, 0.2) is 11.6 Å². The number of aryl methyl sites for hydroxylation is 1. The zero-order valence-electron chi connectivity index (χ0n) is 20.4. The summed E-state index contributed by atoms with van der Waals surface area (Å²) >= 11 is 7.81. The van der Waals surface area contributed by atoms with Crippen molar-refractivity contribution in [3.05, 3.63) is 80.3 Å². The summed E-state index contributed by atoms with van der Waals surface area (Å²) in [4.78, 5) is 21.9. The number of nitrogens with one attached hydrogen (secondary N) is 1. The molecule has 0 atom stereocenters. The molecule has 198 valence electrons. The van der Waals surface area contributed by atoms with Crippen molar-refractivity contribution in [3.8, 4) is 34.3 Å². The van der Waals surface area contributed by atoms with E-state index in [4.69, 9.17) is 16.3 Å². The first-order valence-electron chi connectivity index (χ1n) is 11.7. The Morgan fingerprint density at radius 3 is 2.83 bits per heavy atom. The average molecular weight is 577 g/mol. The van der Waals surface area contributed by atoms with Gasteiger partial charge in [-0.3, -0.25) is 14.3 Å². The lowest BCUT2D eigenvalue weighted by Crippen LogP contribution is -2.27. The normalized spacial score (nSPS) is 11.3. The Morgan fingerprint density at radius 1 is 1.20 bits per heavy atom. The van der Waals surface area contributed by atoms with E-state index in [2.05, 4.69) is 30.6 Å². The van der Waals surface area contributed by atoms with Gasteiger partial charge in [-0.05, 0) is 36.4 Å². The molecule has 0 fully saturated rings. The molecule has 0 saturated heterocycles. The molecular weight excluding hydrogens is 562 g/mol. The van der Waals surface area contributed by atoms with Crippen LogP contribution in [0.2, 0.25) is 5.02 Å². The number of halogens is 3. The lowest BCUT2D eigenvalue weighted by Gasteiger charge is -2.15. The number of aromatic nitrogens is 7. The maximum absolute atomic E-state index is 14.2. The minimum atomic E-state index is -1.38. The number of thiophene rings is 1. The summed E-state index contributed by atoms with van der Waals surface area (Å²) in [6, 6.07) is 9.40. The van der Waals surface area contributed by atoms with Crippen LogP contribution in [0.3, 0.4) is 0 Å². The first kappa shape index (κ1) is 25.5. The van der Waals surface area contributed by atoms with Crippen LogP contribution in [0.5, 0.6) is 5.75 Å². The molecule has 14 heteroatoms. The van der Waals surface area contributed by atoms with Gasteiger partial charge in [-0.25, -0.2) is 13.8 Å². The Labute approximate surface area is 232 Å². The zero-order chi connectivity index (χ0) is 28.0. The largest absolute Gasteiger partial charge is 0.491 e. The predicted octanol–water partition coefficient (Wildman–Crippen LogP) is 5.04. The summed E-state index contributed by atoms with van der Waals surface area (Å²) in [5.41, 5.74) is 1.50. The van der Waals surface area contributed by atoms with E-state index in [1.165, 1.54) is 15.9 Å². The standard InChI is InChI=1S/C26H15ClF2N8O2S/c1-12-32-19-9-18(28)22(29)16(10-30)21(19)26(38)37(12)6-7-39-20-3-2-13(27)8-15(20)14-4-5-31-23-17(11-40-24(14)23)25-33-35-36-34-25/h2-5,8-9,11H,6-7H2,1H3,(H,33,34,35,36). The van der Waals surface area contributed by atoms with Crippen molar-refractivity contribution in [2.75, 3.05) is 6.61 Å². The smallest absolute Gasteiger partial charge is 0.262 e. The van der Waals surface area contributed by atoms with Crippen molar-refractivity contribution in [3.63, 3.8) is 0 Å². The zero-order valence-corrected chi connectivity index (χ0v) is 22.0. The van der Waals surface area contributed by atoms with Crippen molar-refractivity contribution in [1.29, 1.82) is 5.26 Å². The number of H-pyrrole nitrogens is 1. The van der Waals surface area contributed by atoms with Gasteiger partial charge in [0.2, 0.25) is 5.82 Å². The Kier molecular flexibility index (Phi) is 6.41. The van der Waals surface area contributed by atoms with Crippen molar-refractivity contribution < 1.29 is 13.5 Å². The van der Waals surface area contributed by atoms with Crippen LogP contribution in [0.1, 0.15) is 11.4 Å². The van der Waals surface area contributed by atoms with E-state index in [-0.39, 0.29) is 29.9 Å². The molecule has 4 aromatic heterocycles. The van der Waals surface area contributed by atoms with Gasteiger partial charge in [0.25, 0.3) is 5.56 Å². The quantitative estimate of drug-likeness (QED) is 0.291. The number of tetrazole rings is 1. The van der Waals surface area contributed by atoms with Crippen LogP contribution in [0.4, 0.5) is 8.78 Å². The molecule has 6 aromatic rings. The van der Waals surface area contributed by atoms with Crippen LogP contribution >= 0.6 is 22.9 Å². The van der Waals surface area contributed by atoms with Gasteiger partial charge < -0.3 is 4.74 Å². The van der Waals surface area contributed by atoms with E-state index < -0.39 is 22.8 Å². The number of hydrogen-bond acceptors (Lipinski definition) is 9. The van der Waals surface area contributed by atoms with Crippen LogP contribution in [0.25, 0.3) is 43.6 Å².